The van der Waals surface area contributed by atoms with E-state index in [4.69, 9.17) is 5.73 Å². The first kappa shape index (κ1) is 34.1. The summed E-state index contributed by atoms with van der Waals surface area (Å²) < 4.78 is 50.3. The molecule has 0 saturated heterocycles. The van der Waals surface area contributed by atoms with E-state index in [9.17, 15) is 32.3 Å². The van der Waals surface area contributed by atoms with Gasteiger partial charge in [0.15, 0.2) is 6.29 Å². The Kier molecular flexibility index (Phi) is 12.4. The van der Waals surface area contributed by atoms with E-state index in [0.29, 0.717) is 28.7 Å². The number of aromatic nitrogens is 3. The maximum Gasteiger partial charge on any atom is 0.423 e. The molecule has 0 spiro atoms. The molecule has 1 aliphatic carbocycles. The van der Waals surface area contributed by atoms with Crippen molar-refractivity contribution in [2.75, 3.05) is 19.8 Å². The van der Waals surface area contributed by atoms with E-state index in [1.54, 1.807) is 49.4 Å². The number of hydrogen-bond donors (Lipinski definition) is 3. The zero-order valence-corrected chi connectivity index (χ0v) is 24.1. The Bertz CT molecular complexity index is 1380. The number of carbonyl (C=O) groups excluding carboxylic acids is 1. The highest BCUT2D eigenvalue weighted by Crippen LogP contribution is 2.30. The zero-order valence-electron chi connectivity index (χ0n) is 24.1. The number of nitrogens with zero attached hydrogens (tertiary/aromatic N) is 3. The van der Waals surface area contributed by atoms with E-state index in [-0.39, 0.29) is 5.56 Å². The van der Waals surface area contributed by atoms with E-state index in [1.165, 1.54) is 50.8 Å². The summed E-state index contributed by atoms with van der Waals surface area (Å²) >= 11 is 0. The maximum atomic E-state index is 14.4. The molecule has 8 nitrogen and oxygen atoms in total. The van der Waals surface area contributed by atoms with Crippen LogP contribution in [0.1, 0.15) is 79.4 Å². The molecule has 0 atom stereocenters. The SMILES string of the molecule is C1CCCCC1.CN(C)/C=C\c1cc(-c2ccc(C(C)(C)O)cn2)c(F)cc1C=O.Nc1cn[nH]c(=O)c1C(F)(F)F. The number of aromatic amines is 1. The smallest absolute Gasteiger partial charge is 0.397 e. The van der Waals surface area contributed by atoms with Gasteiger partial charge in [0.05, 0.1) is 23.2 Å². The van der Waals surface area contributed by atoms with Crippen LogP contribution >= 0.6 is 0 Å². The Hall–Kier alpha value is -4.06. The first-order valence-electron chi connectivity index (χ1n) is 13.4. The zero-order chi connectivity index (χ0) is 31.5. The topological polar surface area (TPSA) is 125 Å². The van der Waals surface area contributed by atoms with Gasteiger partial charge >= 0.3 is 6.18 Å². The Morgan fingerprint density at radius 2 is 1.60 bits per heavy atom. The van der Waals surface area contributed by atoms with Crippen LogP contribution in [0.3, 0.4) is 0 Å². The number of pyridine rings is 1. The number of rotatable bonds is 5. The fourth-order valence-electron chi connectivity index (χ4n) is 3.96. The van der Waals surface area contributed by atoms with Crippen LogP contribution < -0.4 is 11.3 Å². The van der Waals surface area contributed by atoms with Crippen molar-refractivity contribution in [2.24, 2.45) is 0 Å². The lowest BCUT2D eigenvalue weighted by Gasteiger charge is -2.17. The van der Waals surface area contributed by atoms with Crippen LogP contribution in [-0.4, -0.2) is 45.6 Å². The minimum absolute atomic E-state index is 0.280. The molecule has 2 aromatic heterocycles. The Labute approximate surface area is 242 Å². The van der Waals surface area contributed by atoms with Gasteiger partial charge in [-0.25, -0.2) is 9.49 Å². The highest BCUT2D eigenvalue weighted by Gasteiger charge is 2.36. The molecule has 1 aliphatic rings. The van der Waals surface area contributed by atoms with Crippen LogP contribution in [0.25, 0.3) is 17.3 Å². The maximum absolute atomic E-state index is 14.4. The van der Waals surface area contributed by atoms with E-state index in [0.717, 1.165) is 6.20 Å². The second kappa shape index (κ2) is 15.2. The van der Waals surface area contributed by atoms with Crippen LogP contribution in [-0.2, 0) is 11.8 Å². The van der Waals surface area contributed by atoms with Crippen LogP contribution in [0.2, 0.25) is 0 Å². The van der Waals surface area contributed by atoms with E-state index >= 15 is 0 Å². The Balaban J connectivity index is 0.000000280. The highest BCUT2D eigenvalue weighted by atomic mass is 19.4. The summed E-state index contributed by atoms with van der Waals surface area (Å²) in [5.41, 5.74) is 2.77. The van der Waals surface area contributed by atoms with Crippen LogP contribution in [0.4, 0.5) is 23.2 Å². The van der Waals surface area contributed by atoms with Crippen molar-refractivity contribution < 1.29 is 27.5 Å². The van der Waals surface area contributed by atoms with Gasteiger partial charge in [-0.15, -0.1) is 0 Å². The minimum atomic E-state index is -4.74. The molecule has 42 heavy (non-hydrogen) atoms. The van der Waals surface area contributed by atoms with E-state index in [2.05, 4.69) is 10.1 Å². The average molecular weight is 592 g/mol. The molecule has 12 heteroatoms. The lowest BCUT2D eigenvalue weighted by atomic mass is 9.98. The lowest BCUT2D eigenvalue weighted by molar-refractivity contribution is -0.138. The number of nitrogens with one attached hydrogen (secondary N) is 1. The van der Waals surface area contributed by atoms with Gasteiger partial charge in [-0.2, -0.15) is 18.3 Å². The second-order valence-corrected chi connectivity index (χ2v) is 10.5. The lowest BCUT2D eigenvalue weighted by Crippen LogP contribution is -2.24. The molecule has 0 amide bonds. The van der Waals surface area contributed by atoms with Crippen LogP contribution in [0, 0.1) is 5.82 Å². The van der Waals surface area contributed by atoms with Crippen molar-refractivity contribution in [3.63, 3.8) is 0 Å². The largest absolute Gasteiger partial charge is 0.423 e. The number of halogens is 4. The average Bonchev–Trinajstić information content (AvgIpc) is 2.92. The van der Waals surface area contributed by atoms with Gasteiger partial charge in [-0.3, -0.25) is 14.6 Å². The number of alkyl halides is 3. The van der Waals surface area contributed by atoms with Gasteiger partial charge in [0.1, 0.15) is 11.4 Å². The molecule has 1 aromatic carbocycles. The summed E-state index contributed by atoms with van der Waals surface area (Å²) in [7, 11) is 3.72. The van der Waals surface area contributed by atoms with Crippen molar-refractivity contribution in [1.29, 1.82) is 0 Å². The molecule has 1 saturated carbocycles. The third kappa shape index (κ3) is 10.4. The normalized spacial score (nSPS) is 13.5. The summed E-state index contributed by atoms with van der Waals surface area (Å²) in [6.07, 6.45) is 10.7. The minimum Gasteiger partial charge on any atom is -0.397 e. The van der Waals surface area contributed by atoms with Gasteiger partial charge in [0.25, 0.3) is 5.56 Å². The molecule has 4 rings (SSSR count). The number of nitrogen functional groups attached to an aromatic ring is 1. The van der Waals surface area contributed by atoms with E-state index in [1.807, 2.05) is 19.0 Å². The molecular formula is C30H37F4N5O3. The fraction of sp³-hybridized carbons (Fsp3) is 0.400. The Morgan fingerprint density at radius 1 is 1.00 bits per heavy atom. The van der Waals surface area contributed by atoms with Crippen molar-refractivity contribution in [1.82, 2.24) is 20.1 Å². The molecule has 228 valence electrons. The van der Waals surface area contributed by atoms with E-state index < -0.39 is 34.4 Å². The third-order valence-electron chi connectivity index (χ3n) is 6.27. The number of anilines is 1. The highest BCUT2D eigenvalue weighted by molar-refractivity contribution is 5.84. The number of hydrogen-bond acceptors (Lipinski definition) is 7. The number of carbonyl (C=O) groups is 1. The predicted molar refractivity (Wildman–Crippen MR) is 155 cm³/mol. The summed E-state index contributed by atoms with van der Waals surface area (Å²) in [6, 6.07) is 6.19. The first-order valence-corrected chi connectivity index (χ1v) is 13.4. The summed E-state index contributed by atoms with van der Waals surface area (Å²) in [5, 5.41) is 14.7. The van der Waals surface area contributed by atoms with Gasteiger partial charge in [0, 0.05) is 37.0 Å². The molecule has 0 unspecified atom stereocenters. The van der Waals surface area contributed by atoms with Gasteiger partial charge in [-0.05, 0) is 49.9 Å². The third-order valence-corrected chi connectivity index (χ3v) is 6.27. The van der Waals surface area contributed by atoms with Gasteiger partial charge in [-0.1, -0.05) is 44.6 Å². The second-order valence-electron chi connectivity index (χ2n) is 10.5. The summed E-state index contributed by atoms with van der Waals surface area (Å²) in [5.74, 6) is -0.511. The number of H-pyrrole nitrogens is 1. The molecule has 3 aromatic rings. The monoisotopic (exact) mass is 591 g/mol. The fourth-order valence-corrected chi connectivity index (χ4v) is 3.96. The number of aliphatic hydroxyl groups is 1. The molecule has 0 radical (unpaired) electrons. The van der Waals surface area contributed by atoms with Crippen molar-refractivity contribution in [2.45, 2.75) is 64.1 Å². The number of benzene rings is 1. The van der Waals surface area contributed by atoms with Crippen molar-refractivity contribution in [3.8, 4) is 11.3 Å². The van der Waals surface area contributed by atoms with Crippen molar-refractivity contribution in [3.05, 3.63) is 81.3 Å². The summed E-state index contributed by atoms with van der Waals surface area (Å²) in [6.45, 7) is 3.32. The van der Waals surface area contributed by atoms with Gasteiger partial charge < -0.3 is 15.7 Å². The van der Waals surface area contributed by atoms with Crippen LogP contribution in [0.15, 0.2) is 47.7 Å². The Morgan fingerprint density at radius 3 is 2.00 bits per heavy atom. The molecular weight excluding hydrogens is 554 g/mol. The molecule has 2 heterocycles. The number of nitrogens with two attached hydrogens (primary N) is 1. The molecule has 4 N–H and O–H groups in total. The van der Waals surface area contributed by atoms with Crippen LogP contribution in [0.5, 0.6) is 0 Å². The number of aldehydes is 1. The molecule has 0 bridgehead atoms. The van der Waals surface area contributed by atoms with Gasteiger partial charge in [0.2, 0.25) is 0 Å². The molecule has 0 aliphatic heterocycles. The summed E-state index contributed by atoms with van der Waals surface area (Å²) in [4.78, 5) is 27.8. The van der Waals surface area contributed by atoms with Crippen molar-refractivity contribution >= 4 is 18.0 Å². The molecule has 1 fully saturated rings. The quantitative estimate of drug-likeness (QED) is 0.239. The first-order chi connectivity index (χ1) is 19.6. The standard InChI is InChI=1S/C19H21FN2O2.C6H12.C5H4F3N3O/c1-19(2,24)15-5-6-18(21-11-15)16-9-13(7-8-22(3)4)14(12-23)10-17(16)20;1-2-4-6-5-3-1;6-5(7,8)3-2(9)1-10-11-4(3)12/h5-12,24H,1-4H3;1-6H2;1H,(H3,9,11,12)/b8-7-;;. The predicted octanol–water partition coefficient (Wildman–Crippen LogP) is 6.17.